The van der Waals surface area contributed by atoms with Gasteiger partial charge in [0.05, 0.1) is 27.1 Å². The predicted octanol–water partition coefficient (Wildman–Crippen LogP) is 4.61. The summed E-state index contributed by atoms with van der Waals surface area (Å²) in [5.41, 5.74) is 2.62. The first kappa shape index (κ1) is 27.7. The first-order chi connectivity index (χ1) is 16.1. The van der Waals surface area contributed by atoms with Gasteiger partial charge in [-0.05, 0) is 48.6 Å². The van der Waals surface area contributed by atoms with Crippen molar-refractivity contribution in [2.45, 2.75) is 66.2 Å². The Morgan fingerprint density at radius 2 is 1.12 bits per heavy atom. The highest BCUT2D eigenvalue weighted by Crippen LogP contribution is 2.40. The van der Waals surface area contributed by atoms with Crippen molar-refractivity contribution in [3.63, 3.8) is 0 Å². The van der Waals surface area contributed by atoms with Gasteiger partial charge in [-0.15, -0.1) is 0 Å². The van der Waals surface area contributed by atoms with Crippen LogP contribution in [0.3, 0.4) is 0 Å². The number of ketones is 2. The van der Waals surface area contributed by atoms with Crippen LogP contribution in [0.1, 0.15) is 64.5 Å². The summed E-state index contributed by atoms with van der Waals surface area (Å²) in [5, 5.41) is 0. The van der Waals surface area contributed by atoms with Crippen molar-refractivity contribution in [3.8, 4) is 0 Å². The second-order valence-electron chi connectivity index (χ2n) is 10.2. The maximum atomic E-state index is 12.4. The van der Waals surface area contributed by atoms with E-state index >= 15 is 0 Å². The summed E-state index contributed by atoms with van der Waals surface area (Å²) in [4.78, 5) is 46.9. The Hall–Kier alpha value is -2.50. The standard InChI is InChI=1S/C17H22O3.C11H18O3/c1-11(2)17(19)15(10-16(18)20-3)14-8-12-6-4-5-7-13(12)9-14;1-7(2)11(13)9(8-4-5-8)6-10(12)14-3/h4-7,11,14-15H,8-10H2,1-3H3;7-9H,4-6H2,1-3H3. The lowest BCUT2D eigenvalue weighted by molar-refractivity contribution is -0.145. The highest BCUT2D eigenvalue weighted by Gasteiger charge is 2.38. The fourth-order valence-corrected chi connectivity index (χ4v) is 4.76. The monoisotopic (exact) mass is 472 g/mol. The number of esters is 2. The first-order valence-electron chi connectivity index (χ1n) is 12.4. The average Bonchev–Trinajstić information content (AvgIpc) is 3.57. The maximum Gasteiger partial charge on any atom is 0.306 e. The highest BCUT2D eigenvalue weighted by molar-refractivity contribution is 5.87. The Morgan fingerprint density at radius 3 is 1.44 bits per heavy atom. The van der Waals surface area contributed by atoms with Gasteiger partial charge in [0.15, 0.2) is 0 Å². The minimum Gasteiger partial charge on any atom is -0.469 e. The number of carbonyl (C=O) groups excluding carboxylic acids is 4. The van der Waals surface area contributed by atoms with Gasteiger partial charge in [0.2, 0.25) is 0 Å². The van der Waals surface area contributed by atoms with Gasteiger partial charge in [-0.2, -0.15) is 0 Å². The van der Waals surface area contributed by atoms with E-state index in [2.05, 4.69) is 16.9 Å². The molecular formula is C28H40O6. The van der Waals surface area contributed by atoms with Gasteiger partial charge in [-0.3, -0.25) is 19.2 Å². The molecule has 6 nitrogen and oxygen atoms in total. The van der Waals surface area contributed by atoms with E-state index in [0.717, 1.165) is 25.7 Å². The molecule has 0 saturated heterocycles. The summed E-state index contributed by atoms with van der Waals surface area (Å²) in [6.07, 6.45) is 4.40. The zero-order valence-electron chi connectivity index (χ0n) is 21.5. The molecule has 0 amide bonds. The van der Waals surface area contributed by atoms with Crippen LogP contribution in [0.4, 0.5) is 0 Å². The van der Waals surface area contributed by atoms with Crippen molar-refractivity contribution in [3.05, 3.63) is 35.4 Å². The first-order valence-corrected chi connectivity index (χ1v) is 12.4. The molecule has 1 saturated carbocycles. The summed E-state index contributed by atoms with van der Waals surface area (Å²) >= 11 is 0. The predicted molar refractivity (Wildman–Crippen MR) is 130 cm³/mol. The molecule has 34 heavy (non-hydrogen) atoms. The molecule has 0 aliphatic heterocycles. The van der Waals surface area contributed by atoms with Crippen molar-refractivity contribution in [2.24, 2.45) is 35.5 Å². The Morgan fingerprint density at radius 1 is 0.735 bits per heavy atom. The van der Waals surface area contributed by atoms with Gasteiger partial charge in [0.25, 0.3) is 0 Å². The molecule has 2 aliphatic carbocycles. The van der Waals surface area contributed by atoms with Crippen molar-refractivity contribution >= 4 is 23.5 Å². The number of benzene rings is 1. The van der Waals surface area contributed by atoms with Crippen LogP contribution in [-0.4, -0.2) is 37.7 Å². The lowest BCUT2D eigenvalue weighted by Gasteiger charge is -2.23. The van der Waals surface area contributed by atoms with Crippen molar-refractivity contribution < 1.29 is 28.7 Å². The molecule has 1 aromatic carbocycles. The van der Waals surface area contributed by atoms with E-state index in [-0.39, 0.29) is 65.9 Å². The molecule has 0 heterocycles. The van der Waals surface area contributed by atoms with Gasteiger partial charge < -0.3 is 9.47 Å². The van der Waals surface area contributed by atoms with Gasteiger partial charge in [0.1, 0.15) is 11.6 Å². The van der Waals surface area contributed by atoms with Gasteiger partial charge in [0, 0.05) is 23.7 Å². The van der Waals surface area contributed by atoms with E-state index in [9.17, 15) is 19.2 Å². The third-order valence-corrected chi connectivity index (χ3v) is 6.94. The number of Topliss-reactive ketones (excluding diaryl/α,β-unsaturated/α-hetero) is 2. The van der Waals surface area contributed by atoms with Gasteiger partial charge in [-0.1, -0.05) is 52.0 Å². The molecule has 0 spiro atoms. The maximum absolute atomic E-state index is 12.4. The van der Waals surface area contributed by atoms with E-state index < -0.39 is 0 Å². The van der Waals surface area contributed by atoms with Crippen LogP contribution in [0.5, 0.6) is 0 Å². The number of carbonyl (C=O) groups is 4. The quantitative estimate of drug-likeness (QED) is 0.462. The lowest BCUT2D eigenvalue weighted by atomic mass is 9.80. The van der Waals surface area contributed by atoms with E-state index in [4.69, 9.17) is 4.74 Å². The van der Waals surface area contributed by atoms with Crippen LogP contribution in [0.15, 0.2) is 24.3 Å². The summed E-state index contributed by atoms with van der Waals surface area (Å²) in [5.74, 6) is 0.128. The fraction of sp³-hybridized carbons (Fsp3) is 0.643. The molecule has 2 aliphatic rings. The summed E-state index contributed by atoms with van der Waals surface area (Å²) in [6, 6.07) is 8.29. The molecule has 3 rings (SSSR count). The minimum absolute atomic E-state index is 0.0188. The molecule has 1 fully saturated rings. The van der Waals surface area contributed by atoms with Crippen LogP contribution in [0.2, 0.25) is 0 Å². The van der Waals surface area contributed by atoms with E-state index in [1.54, 1.807) is 0 Å². The molecule has 1 aromatic rings. The molecule has 0 radical (unpaired) electrons. The van der Waals surface area contributed by atoms with Crippen LogP contribution >= 0.6 is 0 Å². The Kier molecular flexibility index (Phi) is 10.5. The smallest absolute Gasteiger partial charge is 0.306 e. The van der Waals surface area contributed by atoms with Crippen LogP contribution < -0.4 is 0 Å². The topological polar surface area (TPSA) is 86.7 Å². The summed E-state index contributed by atoms with van der Waals surface area (Å²) < 4.78 is 9.35. The number of hydrogen-bond donors (Lipinski definition) is 0. The molecule has 0 N–H and O–H groups in total. The largest absolute Gasteiger partial charge is 0.469 e. The second-order valence-corrected chi connectivity index (χ2v) is 10.2. The zero-order chi connectivity index (χ0) is 25.4. The number of fused-ring (bicyclic) bond motifs is 1. The molecule has 0 bridgehead atoms. The number of methoxy groups -OCH3 is 2. The number of rotatable bonds is 10. The Labute approximate surface area is 203 Å². The molecule has 2 unspecified atom stereocenters. The third kappa shape index (κ3) is 7.78. The SMILES string of the molecule is COC(=O)CC(C(=O)C(C)C)C1CC1.COC(=O)CC(C(=O)C(C)C)C1Cc2ccccc2C1. The van der Waals surface area contributed by atoms with Gasteiger partial charge in [-0.25, -0.2) is 0 Å². The molecule has 2 atom stereocenters. The molecular weight excluding hydrogens is 432 g/mol. The molecule has 6 heteroatoms. The number of ether oxygens (including phenoxy) is 2. The van der Waals surface area contributed by atoms with Crippen LogP contribution in [-0.2, 0) is 41.5 Å². The molecule has 188 valence electrons. The Balaban J connectivity index is 0.000000257. The van der Waals surface area contributed by atoms with Crippen molar-refractivity contribution in [2.75, 3.05) is 14.2 Å². The fourth-order valence-electron chi connectivity index (χ4n) is 4.76. The van der Waals surface area contributed by atoms with E-state index in [0.29, 0.717) is 5.92 Å². The highest BCUT2D eigenvalue weighted by atomic mass is 16.5. The normalized spacial score (nSPS) is 16.8. The van der Waals surface area contributed by atoms with E-state index in [1.165, 1.54) is 25.3 Å². The summed E-state index contributed by atoms with van der Waals surface area (Å²) in [6.45, 7) is 7.56. The summed E-state index contributed by atoms with van der Waals surface area (Å²) in [7, 11) is 2.74. The van der Waals surface area contributed by atoms with Gasteiger partial charge >= 0.3 is 11.9 Å². The zero-order valence-corrected chi connectivity index (χ0v) is 21.5. The van der Waals surface area contributed by atoms with Crippen molar-refractivity contribution in [1.82, 2.24) is 0 Å². The number of hydrogen-bond acceptors (Lipinski definition) is 6. The van der Waals surface area contributed by atoms with Crippen LogP contribution in [0.25, 0.3) is 0 Å². The lowest BCUT2D eigenvalue weighted by Crippen LogP contribution is -2.30. The van der Waals surface area contributed by atoms with Crippen molar-refractivity contribution in [1.29, 1.82) is 0 Å². The Bertz CT molecular complexity index is 842. The molecule has 0 aromatic heterocycles. The minimum atomic E-state index is -0.292. The second kappa shape index (κ2) is 12.8. The third-order valence-electron chi connectivity index (χ3n) is 6.94. The van der Waals surface area contributed by atoms with Crippen LogP contribution in [0, 0.1) is 35.5 Å². The van der Waals surface area contributed by atoms with E-state index in [1.807, 2.05) is 39.8 Å². The average molecular weight is 473 g/mol.